The van der Waals surface area contributed by atoms with E-state index in [1.807, 2.05) is 50.2 Å². The zero-order valence-corrected chi connectivity index (χ0v) is 21.3. The predicted octanol–water partition coefficient (Wildman–Crippen LogP) is 6.56. The quantitative estimate of drug-likeness (QED) is 0.237. The van der Waals surface area contributed by atoms with Gasteiger partial charge in [0.05, 0.1) is 11.9 Å². The number of aromatic nitrogens is 1. The van der Waals surface area contributed by atoms with Gasteiger partial charge in [-0.15, -0.1) is 0 Å². The Morgan fingerprint density at radius 1 is 0.919 bits per heavy atom. The van der Waals surface area contributed by atoms with E-state index in [1.54, 1.807) is 47.0 Å². The second kappa shape index (κ2) is 11.2. The van der Waals surface area contributed by atoms with E-state index in [9.17, 15) is 19.5 Å². The normalized spacial score (nSPS) is 12.0. The number of fused-ring (bicyclic) bond motifs is 1. The molecule has 4 rings (SSSR count). The fourth-order valence-corrected chi connectivity index (χ4v) is 4.45. The van der Waals surface area contributed by atoms with Gasteiger partial charge in [0, 0.05) is 34.5 Å². The lowest BCUT2D eigenvalue weighted by atomic mass is 9.97. The Morgan fingerprint density at radius 3 is 2.22 bits per heavy atom. The van der Waals surface area contributed by atoms with Crippen LogP contribution in [-0.4, -0.2) is 27.0 Å². The first-order valence-corrected chi connectivity index (χ1v) is 12.5. The molecule has 6 nitrogen and oxygen atoms in total. The number of carboxylic acid groups (broad SMARTS) is 1. The molecule has 0 aliphatic rings. The highest BCUT2D eigenvalue weighted by molar-refractivity contribution is 6.13. The lowest BCUT2D eigenvalue weighted by Gasteiger charge is -2.20. The van der Waals surface area contributed by atoms with E-state index in [0.717, 1.165) is 18.4 Å². The van der Waals surface area contributed by atoms with Crippen molar-refractivity contribution in [3.05, 3.63) is 107 Å². The van der Waals surface area contributed by atoms with Crippen molar-refractivity contribution in [3.8, 4) is 5.75 Å². The molecule has 37 heavy (non-hydrogen) atoms. The van der Waals surface area contributed by atoms with Gasteiger partial charge < -0.3 is 14.2 Å². The lowest BCUT2D eigenvalue weighted by molar-refractivity contribution is -0.136. The molecule has 0 radical (unpaired) electrons. The summed E-state index contributed by atoms with van der Waals surface area (Å²) in [6, 6.07) is 21.7. The number of rotatable bonds is 11. The fraction of sp³-hybridized carbons (Fsp3) is 0.258. The smallest absolute Gasteiger partial charge is 0.309 e. The molecular formula is C31H31NO5. The third-order valence-electron chi connectivity index (χ3n) is 6.37. The third-order valence-corrected chi connectivity index (χ3v) is 6.37. The van der Waals surface area contributed by atoms with Crippen LogP contribution < -0.4 is 4.74 Å². The van der Waals surface area contributed by atoms with E-state index in [0.29, 0.717) is 33.7 Å². The predicted molar refractivity (Wildman–Crippen MR) is 142 cm³/mol. The Kier molecular flexibility index (Phi) is 7.87. The van der Waals surface area contributed by atoms with Crippen molar-refractivity contribution >= 4 is 23.1 Å². The van der Waals surface area contributed by atoms with Crippen LogP contribution in [-0.2, 0) is 11.2 Å². The van der Waals surface area contributed by atoms with Gasteiger partial charge in [0.2, 0.25) is 0 Å². The molecule has 2 aromatic heterocycles. The highest BCUT2D eigenvalue weighted by Gasteiger charge is 2.19. The van der Waals surface area contributed by atoms with Crippen LogP contribution in [0.5, 0.6) is 5.75 Å². The number of carbonyl (C=O) groups excluding carboxylic acids is 2. The number of Topliss-reactive ketones (excluding diaryl/α,β-unsaturated/α-hetero) is 1. The molecule has 1 atom stereocenters. The second-order valence-corrected chi connectivity index (χ2v) is 9.47. The average Bonchev–Trinajstić information content (AvgIpc) is 3.26. The Bertz CT molecular complexity index is 1410. The molecule has 0 aliphatic heterocycles. The van der Waals surface area contributed by atoms with Gasteiger partial charge in [-0.25, -0.2) is 0 Å². The van der Waals surface area contributed by atoms with Crippen molar-refractivity contribution in [2.24, 2.45) is 5.92 Å². The largest absolute Gasteiger partial charge is 0.486 e. The summed E-state index contributed by atoms with van der Waals surface area (Å²) >= 11 is 0. The number of carboxylic acids is 1. The van der Waals surface area contributed by atoms with E-state index in [-0.39, 0.29) is 30.0 Å². The number of hydrogen-bond acceptors (Lipinski definition) is 4. The highest BCUT2D eigenvalue weighted by atomic mass is 16.5. The van der Waals surface area contributed by atoms with Crippen LogP contribution in [0.15, 0.2) is 79.0 Å². The first-order valence-electron chi connectivity index (χ1n) is 12.5. The molecule has 1 N–H and O–H groups in total. The molecule has 4 aromatic rings. The molecule has 0 fully saturated rings. The van der Waals surface area contributed by atoms with Crippen LogP contribution in [0.1, 0.15) is 77.3 Å². The van der Waals surface area contributed by atoms with Crippen molar-refractivity contribution in [1.82, 2.24) is 4.40 Å². The summed E-state index contributed by atoms with van der Waals surface area (Å²) in [7, 11) is 0. The minimum atomic E-state index is -0.952. The van der Waals surface area contributed by atoms with Crippen LogP contribution in [0.4, 0.5) is 0 Å². The molecule has 0 spiro atoms. The Labute approximate surface area is 216 Å². The number of ketones is 2. The minimum absolute atomic E-state index is 0.0523. The van der Waals surface area contributed by atoms with Gasteiger partial charge in [0.1, 0.15) is 11.9 Å². The molecular weight excluding hydrogens is 466 g/mol. The highest BCUT2D eigenvalue weighted by Crippen LogP contribution is 2.28. The first kappa shape index (κ1) is 25.9. The number of ether oxygens (including phenoxy) is 1. The molecule has 0 saturated carbocycles. The average molecular weight is 498 g/mol. The van der Waals surface area contributed by atoms with Crippen molar-refractivity contribution in [3.63, 3.8) is 0 Å². The lowest BCUT2D eigenvalue weighted by Crippen LogP contribution is -2.10. The van der Waals surface area contributed by atoms with Gasteiger partial charge in [0.15, 0.2) is 11.6 Å². The number of carbonyl (C=O) groups is 3. The van der Waals surface area contributed by atoms with E-state index >= 15 is 0 Å². The minimum Gasteiger partial charge on any atom is -0.486 e. The SMILES string of the molecule is CCCC(Oc1ccc(C(=O)c2cc(CC(=O)O)n3ccccc23)cc1)c1ccc(C(=O)C(C)C)cc1. The Balaban J connectivity index is 1.54. The van der Waals surface area contributed by atoms with Crippen LogP contribution in [0, 0.1) is 5.92 Å². The van der Waals surface area contributed by atoms with E-state index in [2.05, 4.69) is 6.92 Å². The zero-order valence-electron chi connectivity index (χ0n) is 21.3. The fourth-order valence-electron chi connectivity index (χ4n) is 4.45. The summed E-state index contributed by atoms with van der Waals surface area (Å²) < 4.78 is 8.03. The molecule has 2 aromatic carbocycles. The van der Waals surface area contributed by atoms with Crippen LogP contribution in [0.2, 0.25) is 0 Å². The zero-order chi connectivity index (χ0) is 26.5. The van der Waals surface area contributed by atoms with Gasteiger partial charge in [0.25, 0.3) is 0 Å². The Morgan fingerprint density at radius 2 is 1.59 bits per heavy atom. The maximum Gasteiger partial charge on any atom is 0.309 e. The summed E-state index contributed by atoms with van der Waals surface area (Å²) in [5.41, 5.74) is 3.87. The van der Waals surface area contributed by atoms with Crippen molar-refractivity contribution < 1.29 is 24.2 Å². The van der Waals surface area contributed by atoms with Crippen molar-refractivity contribution in [2.75, 3.05) is 0 Å². The first-order chi connectivity index (χ1) is 17.8. The second-order valence-electron chi connectivity index (χ2n) is 9.47. The van der Waals surface area contributed by atoms with Crippen molar-refractivity contribution in [1.29, 1.82) is 0 Å². The number of aliphatic carboxylic acids is 1. The number of pyridine rings is 1. The molecule has 6 heteroatoms. The molecule has 1 unspecified atom stereocenters. The molecule has 0 saturated heterocycles. The van der Waals surface area contributed by atoms with Gasteiger partial charge in [-0.05, 0) is 54.4 Å². The van der Waals surface area contributed by atoms with Crippen LogP contribution >= 0.6 is 0 Å². The summed E-state index contributed by atoms with van der Waals surface area (Å²) in [5, 5.41) is 9.25. The summed E-state index contributed by atoms with van der Waals surface area (Å²) in [6.45, 7) is 5.87. The summed E-state index contributed by atoms with van der Waals surface area (Å²) in [4.78, 5) is 36.9. The summed E-state index contributed by atoms with van der Waals surface area (Å²) in [6.07, 6.45) is 3.15. The molecule has 0 aliphatic carbocycles. The molecule has 2 heterocycles. The summed E-state index contributed by atoms with van der Waals surface area (Å²) in [5.74, 6) is -0.422. The van der Waals surface area contributed by atoms with Crippen molar-refractivity contribution in [2.45, 2.75) is 46.1 Å². The Hall–Kier alpha value is -4.19. The maximum absolute atomic E-state index is 13.3. The maximum atomic E-state index is 13.3. The van der Waals surface area contributed by atoms with Gasteiger partial charge in [-0.2, -0.15) is 0 Å². The topological polar surface area (TPSA) is 85.1 Å². The molecule has 0 bridgehead atoms. The van der Waals surface area contributed by atoms with E-state index < -0.39 is 5.97 Å². The van der Waals surface area contributed by atoms with Crippen LogP contribution in [0.25, 0.3) is 5.52 Å². The van der Waals surface area contributed by atoms with Crippen LogP contribution in [0.3, 0.4) is 0 Å². The molecule has 0 amide bonds. The number of benzene rings is 2. The standard InChI is InChI=1S/C31H31NO5/c1-4-7-28(21-9-11-22(12-10-21)30(35)20(2)3)37-25-15-13-23(14-16-25)31(36)26-18-24(19-29(33)34)32-17-6-5-8-27(26)32/h5-6,8-18,20,28H,4,7,19H2,1-3H3,(H,33,34). The number of hydrogen-bond donors (Lipinski definition) is 1. The van der Waals surface area contributed by atoms with E-state index in [1.165, 1.54) is 0 Å². The monoisotopic (exact) mass is 497 g/mol. The number of nitrogens with zero attached hydrogens (tertiary/aromatic N) is 1. The van der Waals surface area contributed by atoms with Gasteiger partial charge in [-0.1, -0.05) is 57.5 Å². The van der Waals surface area contributed by atoms with Gasteiger partial charge in [-0.3, -0.25) is 14.4 Å². The van der Waals surface area contributed by atoms with Gasteiger partial charge >= 0.3 is 5.97 Å². The third kappa shape index (κ3) is 5.80. The molecule has 190 valence electrons. The van der Waals surface area contributed by atoms with E-state index in [4.69, 9.17) is 4.74 Å².